The van der Waals surface area contributed by atoms with E-state index in [0.29, 0.717) is 0 Å². The van der Waals surface area contributed by atoms with Crippen molar-refractivity contribution in [2.75, 3.05) is 26.7 Å². The number of ether oxygens (including phenoxy) is 1. The number of aliphatic imine (C=N–C) groups is 1. The van der Waals surface area contributed by atoms with Crippen molar-refractivity contribution in [3.05, 3.63) is 22.4 Å². The quantitative estimate of drug-likeness (QED) is 0.311. The molecule has 0 saturated heterocycles. The molecular weight excluding hydrogens is 425 g/mol. The van der Waals surface area contributed by atoms with E-state index < -0.39 is 5.60 Å². The van der Waals surface area contributed by atoms with Crippen LogP contribution in [0, 0.1) is 0 Å². The number of hydrogen-bond donors (Lipinski definition) is 1. The molecule has 5 nitrogen and oxygen atoms in total. The topological polar surface area (TPSA) is 53.9 Å². The Hall–Kier alpha value is -0.830. The largest absolute Gasteiger partial charge is 0.459 e. The summed E-state index contributed by atoms with van der Waals surface area (Å²) >= 11 is 1.75. The number of esters is 1. The average Bonchev–Trinajstić information content (AvgIpc) is 2.92. The van der Waals surface area contributed by atoms with Crippen LogP contribution in [0.4, 0.5) is 0 Å². The molecule has 1 aromatic heterocycles. The maximum absolute atomic E-state index is 11.8. The van der Waals surface area contributed by atoms with Crippen LogP contribution < -0.4 is 5.32 Å². The summed E-state index contributed by atoms with van der Waals surface area (Å²) in [4.78, 5) is 19.5. The van der Waals surface area contributed by atoms with Crippen LogP contribution in [0.5, 0.6) is 0 Å². The second-order valence-electron chi connectivity index (χ2n) is 6.01. The number of hydrogen-bond acceptors (Lipinski definition) is 4. The van der Waals surface area contributed by atoms with Gasteiger partial charge in [0.2, 0.25) is 0 Å². The number of carbonyl (C=O) groups is 1. The smallest absolute Gasteiger partial charge is 0.328 e. The van der Waals surface area contributed by atoms with Crippen LogP contribution in [-0.2, 0) is 16.0 Å². The summed E-state index contributed by atoms with van der Waals surface area (Å²) in [6.45, 7) is 9.21. The Morgan fingerprint density at radius 3 is 2.65 bits per heavy atom. The molecule has 0 atom stereocenters. The van der Waals surface area contributed by atoms with E-state index in [0.717, 1.165) is 25.5 Å². The summed E-state index contributed by atoms with van der Waals surface area (Å²) in [7, 11) is 1.98. The predicted molar refractivity (Wildman–Crippen MR) is 108 cm³/mol. The Labute approximate surface area is 160 Å². The van der Waals surface area contributed by atoms with E-state index in [1.807, 2.05) is 39.6 Å². The molecular formula is C16H28IN3O2S. The summed E-state index contributed by atoms with van der Waals surface area (Å²) < 4.78 is 5.27. The molecule has 0 radical (unpaired) electrons. The highest BCUT2D eigenvalue weighted by Gasteiger charge is 2.16. The van der Waals surface area contributed by atoms with Gasteiger partial charge < -0.3 is 15.0 Å². The molecule has 0 amide bonds. The van der Waals surface area contributed by atoms with Crippen molar-refractivity contribution >= 4 is 47.2 Å². The molecule has 0 unspecified atom stereocenters. The van der Waals surface area contributed by atoms with Crippen LogP contribution in [0.1, 0.15) is 32.6 Å². The first-order valence-electron chi connectivity index (χ1n) is 7.55. The lowest BCUT2D eigenvalue weighted by atomic mass is 10.2. The molecule has 132 valence electrons. The van der Waals surface area contributed by atoms with Gasteiger partial charge in [0.1, 0.15) is 12.1 Å². The normalized spacial score (nSPS) is 11.6. The minimum atomic E-state index is -0.476. The monoisotopic (exact) mass is 453 g/mol. The molecule has 1 rings (SSSR count). The Balaban J connectivity index is 0.00000484. The lowest BCUT2D eigenvalue weighted by Gasteiger charge is -2.22. The molecule has 0 aliphatic rings. The van der Waals surface area contributed by atoms with Crippen molar-refractivity contribution in [3.63, 3.8) is 0 Å². The third kappa shape index (κ3) is 9.80. The first-order chi connectivity index (χ1) is 10.3. The van der Waals surface area contributed by atoms with Gasteiger partial charge in [0.15, 0.2) is 5.96 Å². The van der Waals surface area contributed by atoms with Crippen LogP contribution in [0.3, 0.4) is 0 Å². The molecule has 0 bridgehead atoms. The van der Waals surface area contributed by atoms with Crippen LogP contribution in [-0.4, -0.2) is 49.1 Å². The van der Waals surface area contributed by atoms with Crippen LogP contribution >= 0.6 is 35.3 Å². The maximum atomic E-state index is 11.8. The molecule has 0 fully saturated rings. The molecule has 1 N–H and O–H groups in total. The van der Waals surface area contributed by atoms with Gasteiger partial charge in [-0.1, -0.05) is 6.07 Å². The minimum absolute atomic E-state index is 0. The van der Waals surface area contributed by atoms with Gasteiger partial charge in [0.05, 0.1) is 0 Å². The summed E-state index contributed by atoms with van der Waals surface area (Å²) in [6, 6.07) is 4.19. The van der Waals surface area contributed by atoms with Crippen LogP contribution in [0.25, 0.3) is 0 Å². The fourth-order valence-electron chi connectivity index (χ4n) is 1.82. The van der Waals surface area contributed by atoms with Crippen LogP contribution in [0.15, 0.2) is 22.5 Å². The third-order valence-corrected chi connectivity index (χ3v) is 3.68. The number of rotatable bonds is 6. The Bertz CT molecular complexity index is 484. The highest BCUT2D eigenvalue weighted by molar-refractivity contribution is 14.0. The fourth-order valence-corrected chi connectivity index (χ4v) is 2.52. The molecule has 1 aromatic rings. The van der Waals surface area contributed by atoms with Gasteiger partial charge in [0, 0.05) is 25.0 Å². The molecule has 0 saturated carbocycles. The molecule has 1 heterocycles. The van der Waals surface area contributed by atoms with E-state index in [9.17, 15) is 4.79 Å². The van der Waals surface area contributed by atoms with Gasteiger partial charge in [-0.3, -0.25) is 4.79 Å². The summed E-state index contributed by atoms with van der Waals surface area (Å²) in [5.41, 5.74) is -0.476. The Morgan fingerprint density at radius 1 is 1.43 bits per heavy atom. The zero-order valence-electron chi connectivity index (χ0n) is 14.6. The molecule has 23 heavy (non-hydrogen) atoms. The number of halogens is 1. The van der Waals surface area contributed by atoms with Crippen molar-refractivity contribution in [1.82, 2.24) is 10.2 Å². The first-order valence-corrected chi connectivity index (χ1v) is 8.43. The van der Waals surface area contributed by atoms with E-state index in [4.69, 9.17) is 4.74 Å². The number of likely N-dealkylation sites (N-methyl/N-ethyl adjacent to an activating group) is 1. The van der Waals surface area contributed by atoms with Gasteiger partial charge in [-0.15, -0.1) is 35.3 Å². The predicted octanol–water partition coefficient (Wildman–Crippen LogP) is 3.15. The van der Waals surface area contributed by atoms with E-state index >= 15 is 0 Å². The van der Waals surface area contributed by atoms with Crippen molar-refractivity contribution < 1.29 is 9.53 Å². The highest BCUT2D eigenvalue weighted by Crippen LogP contribution is 2.09. The summed E-state index contributed by atoms with van der Waals surface area (Å²) in [6.07, 6.45) is 0.963. The SMILES string of the molecule is CCNC(=NCC(=O)OC(C)(C)C)N(C)CCc1cccs1.I. The number of guanidine groups is 1. The second kappa shape index (κ2) is 10.9. The standard InChI is InChI=1S/C16H27N3O2S.HI/c1-6-17-15(18-12-14(20)21-16(2,3)4)19(5)10-9-13-8-7-11-22-13;/h7-8,11H,6,9-10,12H2,1-5H3,(H,17,18);1H. The van der Waals surface area contributed by atoms with Crippen LogP contribution in [0.2, 0.25) is 0 Å². The maximum Gasteiger partial charge on any atom is 0.328 e. The van der Waals surface area contributed by atoms with E-state index in [-0.39, 0.29) is 36.5 Å². The summed E-state index contributed by atoms with van der Waals surface area (Å²) in [5, 5.41) is 5.28. The zero-order chi connectivity index (χ0) is 16.6. The average molecular weight is 453 g/mol. The van der Waals surface area contributed by atoms with Gasteiger partial charge in [-0.2, -0.15) is 0 Å². The van der Waals surface area contributed by atoms with E-state index in [1.54, 1.807) is 11.3 Å². The molecule has 0 aromatic carbocycles. The minimum Gasteiger partial charge on any atom is -0.459 e. The molecule has 0 aliphatic heterocycles. The van der Waals surface area contributed by atoms with Gasteiger partial charge in [-0.25, -0.2) is 4.99 Å². The molecule has 7 heteroatoms. The molecule has 0 aliphatic carbocycles. The summed E-state index contributed by atoms with van der Waals surface area (Å²) in [5.74, 6) is 0.416. The van der Waals surface area contributed by atoms with Gasteiger partial charge >= 0.3 is 5.97 Å². The van der Waals surface area contributed by atoms with Crippen molar-refractivity contribution in [3.8, 4) is 0 Å². The molecule has 0 spiro atoms. The van der Waals surface area contributed by atoms with E-state index in [2.05, 4.69) is 27.8 Å². The second-order valence-corrected chi connectivity index (χ2v) is 7.04. The Morgan fingerprint density at radius 2 is 2.13 bits per heavy atom. The Kier molecular flexibility index (Phi) is 10.5. The first kappa shape index (κ1) is 22.2. The van der Waals surface area contributed by atoms with Crippen molar-refractivity contribution in [2.45, 2.75) is 39.7 Å². The third-order valence-electron chi connectivity index (χ3n) is 2.75. The number of thiophene rings is 1. The lowest BCUT2D eigenvalue weighted by Crippen LogP contribution is -2.40. The highest BCUT2D eigenvalue weighted by atomic mass is 127. The lowest BCUT2D eigenvalue weighted by molar-refractivity contribution is -0.152. The van der Waals surface area contributed by atoms with Crippen molar-refractivity contribution in [1.29, 1.82) is 0 Å². The van der Waals surface area contributed by atoms with Crippen molar-refractivity contribution in [2.24, 2.45) is 4.99 Å². The number of nitrogens with one attached hydrogen (secondary N) is 1. The fraction of sp³-hybridized carbons (Fsp3) is 0.625. The van der Waals surface area contributed by atoms with E-state index in [1.165, 1.54) is 4.88 Å². The number of carbonyl (C=O) groups excluding carboxylic acids is 1. The number of nitrogens with zero attached hydrogens (tertiary/aromatic N) is 2. The van der Waals surface area contributed by atoms with Gasteiger partial charge in [-0.05, 0) is 45.6 Å². The zero-order valence-corrected chi connectivity index (χ0v) is 17.7. The van der Waals surface area contributed by atoms with Gasteiger partial charge in [0.25, 0.3) is 0 Å².